The highest BCUT2D eigenvalue weighted by atomic mass is 16.5. The number of nitrogens with zero attached hydrogens (tertiary/aromatic N) is 4. The molecule has 1 saturated heterocycles. The number of aromatic nitrogens is 2. The van der Waals surface area contributed by atoms with E-state index >= 15 is 0 Å². The Bertz CT molecular complexity index is 1590. The Balaban J connectivity index is 1.28. The minimum Gasteiger partial charge on any atom is -0.488 e. The van der Waals surface area contributed by atoms with Gasteiger partial charge in [0.1, 0.15) is 17.9 Å². The maximum atomic E-state index is 11.9. The number of hydrogen-bond acceptors (Lipinski definition) is 7. The van der Waals surface area contributed by atoms with Gasteiger partial charge in [-0.05, 0) is 106 Å². The monoisotopic (exact) mass is 626 g/mol. The van der Waals surface area contributed by atoms with Crippen molar-refractivity contribution >= 4 is 11.6 Å². The van der Waals surface area contributed by atoms with Gasteiger partial charge in [-0.15, -0.1) is 4.91 Å². The zero-order chi connectivity index (χ0) is 32.6. The molecule has 46 heavy (non-hydrogen) atoms. The van der Waals surface area contributed by atoms with Gasteiger partial charge in [-0.3, -0.25) is 9.69 Å². The molecule has 5 rings (SSSR count). The lowest BCUT2D eigenvalue weighted by Gasteiger charge is -2.38. The van der Waals surface area contributed by atoms with E-state index in [2.05, 4.69) is 53.8 Å². The van der Waals surface area contributed by atoms with Crippen LogP contribution < -0.4 is 4.74 Å². The van der Waals surface area contributed by atoms with Gasteiger partial charge >= 0.3 is 5.91 Å². The number of allylic oxidation sites excluding steroid dienone is 7. The standard InChI is InChI=1S/C37H46N4O5/c1-6-45-37-34(36(42)39-43)22-38-41(37)27(4)12-9-11-25(2)32-13-8-7-10-26(3)35(32)46-24-30-15-14-29-23-40(19-16-33(29)28(30)5)31-17-20-44-21-18-31/h9,11-15,22,31H,2,6-8,10,16-21,23-24H2,1,3-5H3/b11-9-,27-12+. The number of carbonyl (C=O) groups is 1. The number of benzene rings is 1. The van der Waals surface area contributed by atoms with E-state index < -0.39 is 5.91 Å². The lowest BCUT2D eigenvalue weighted by atomic mass is 9.90. The topological polar surface area (TPSA) is 95.2 Å². The molecule has 3 aliphatic rings. The number of rotatable bonds is 11. The smallest absolute Gasteiger partial charge is 0.323 e. The molecule has 1 aliphatic carbocycles. The van der Waals surface area contributed by atoms with Crippen LogP contribution in [0.3, 0.4) is 0 Å². The molecule has 0 spiro atoms. The van der Waals surface area contributed by atoms with Gasteiger partial charge in [0, 0.05) is 48.8 Å². The molecule has 1 aromatic heterocycles. The van der Waals surface area contributed by atoms with Gasteiger partial charge in [0.2, 0.25) is 5.88 Å². The Morgan fingerprint density at radius 1 is 1.20 bits per heavy atom. The number of hydrogen-bond donors (Lipinski definition) is 0. The molecule has 0 N–H and O–H groups in total. The Labute approximate surface area is 272 Å². The predicted molar refractivity (Wildman–Crippen MR) is 180 cm³/mol. The van der Waals surface area contributed by atoms with Crippen molar-refractivity contribution in [1.29, 1.82) is 0 Å². The van der Waals surface area contributed by atoms with Crippen LogP contribution in [0.1, 0.15) is 85.5 Å². The van der Waals surface area contributed by atoms with Crippen LogP contribution in [-0.4, -0.2) is 53.0 Å². The van der Waals surface area contributed by atoms with Crippen molar-refractivity contribution in [2.75, 3.05) is 26.4 Å². The van der Waals surface area contributed by atoms with Crippen molar-refractivity contribution in [1.82, 2.24) is 14.7 Å². The lowest BCUT2D eigenvalue weighted by molar-refractivity contribution is 0.0290. The molecule has 3 heterocycles. The molecule has 9 heteroatoms. The summed E-state index contributed by atoms with van der Waals surface area (Å²) < 4.78 is 19.3. The van der Waals surface area contributed by atoms with Crippen LogP contribution in [0.2, 0.25) is 0 Å². The number of amides is 1. The van der Waals surface area contributed by atoms with Gasteiger partial charge < -0.3 is 14.2 Å². The van der Waals surface area contributed by atoms with E-state index in [0.717, 1.165) is 81.7 Å². The second kappa shape index (κ2) is 15.5. The first-order valence-electron chi connectivity index (χ1n) is 16.4. The SMILES string of the molecule is C=C(/C=C\C=C(/C)n1ncc(C(=O)N=O)c1OCC)C1=CCCCC(C)=C1OCc1ccc2c(c1C)CCN(C1CCOCC1)C2. The Kier molecular flexibility index (Phi) is 11.2. The van der Waals surface area contributed by atoms with E-state index in [0.29, 0.717) is 25.0 Å². The first-order chi connectivity index (χ1) is 22.3. The summed E-state index contributed by atoms with van der Waals surface area (Å²) in [5.41, 5.74) is 9.33. The summed E-state index contributed by atoms with van der Waals surface area (Å²) in [7, 11) is 0. The molecule has 2 aliphatic heterocycles. The largest absolute Gasteiger partial charge is 0.488 e. The van der Waals surface area contributed by atoms with Crippen molar-refractivity contribution in [2.45, 2.75) is 85.4 Å². The van der Waals surface area contributed by atoms with Crippen molar-refractivity contribution in [3.8, 4) is 5.88 Å². The summed E-state index contributed by atoms with van der Waals surface area (Å²) in [6, 6.07) is 5.18. The van der Waals surface area contributed by atoms with Crippen LogP contribution >= 0.6 is 0 Å². The molecule has 0 saturated carbocycles. The van der Waals surface area contributed by atoms with Crippen LogP contribution in [0, 0.1) is 11.8 Å². The van der Waals surface area contributed by atoms with Gasteiger partial charge in [0.15, 0.2) is 0 Å². The molecule has 1 aromatic carbocycles. The van der Waals surface area contributed by atoms with Gasteiger partial charge in [-0.25, -0.2) is 4.68 Å². The summed E-state index contributed by atoms with van der Waals surface area (Å²) in [5, 5.41) is 6.75. The predicted octanol–water partition coefficient (Wildman–Crippen LogP) is 7.61. The fourth-order valence-corrected chi connectivity index (χ4v) is 6.63. The van der Waals surface area contributed by atoms with Crippen LogP contribution in [0.4, 0.5) is 0 Å². The summed E-state index contributed by atoms with van der Waals surface area (Å²) in [6.45, 7) is 17.1. The maximum absolute atomic E-state index is 11.9. The highest BCUT2D eigenvalue weighted by molar-refractivity contribution is 5.97. The lowest BCUT2D eigenvalue weighted by Crippen LogP contribution is -2.42. The van der Waals surface area contributed by atoms with Crippen molar-refractivity contribution in [3.63, 3.8) is 0 Å². The van der Waals surface area contributed by atoms with Crippen LogP contribution in [0.25, 0.3) is 5.70 Å². The third kappa shape index (κ3) is 7.48. The van der Waals surface area contributed by atoms with Crippen molar-refractivity contribution in [2.24, 2.45) is 5.18 Å². The molecule has 9 nitrogen and oxygen atoms in total. The third-order valence-electron chi connectivity index (χ3n) is 9.28. The molecule has 0 atom stereocenters. The highest BCUT2D eigenvalue weighted by Gasteiger charge is 2.27. The molecule has 2 aromatic rings. The average molecular weight is 627 g/mol. The average Bonchev–Trinajstić information content (AvgIpc) is 3.40. The normalized spacial score (nSPS) is 18.3. The van der Waals surface area contributed by atoms with Gasteiger partial charge in [-0.1, -0.05) is 36.9 Å². The maximum Gasteiger partial charge on any atom is 0.323 e. The second-order valence-electron chi connectivity index (χ2n) is 12.3. The minimum atomic E-state index is -0.913. The van der Waals surface area contributed by atoms with E-state index in [9.17, 15) is 9.70 Å². The van der Waals surface area contributed by atoms with Gasteiger partial charge in [-0.2, -0.15) is 5.10 Å². The summed E-state index contributed by atoms with van der Waals surface area (Å²) in [5.74, 6) is 0.193. The quantitative estimate of drug-likeness (QED) is 0.187. The first-order valence-corrected chi connectivity index (χ1v) is 16.4. The molecule has 1 fully saturated rings. The zero-order valence-corrected chi connectivity index (χ0v) is 27.6. The number of carbonyl (C=O) groups excluding carboxylic acids is 1. The second-order valence-corrected chi connectivity index (χ2v) is 12.3. The number of ether oxygens (including phenoxy) is 3. The van der Waals surface area contributed by atoms with Gasteiger partial charge in [0.05, 0.1) is 12.8 Å². The molecule has 244 valence electrons. The molecule has 1 amide bonds. The zero-order valence-electron chi connectivity index (χ0n) is 27.6. The van der Waals surface area contributed by atoms with Crippen LogP contribution in [-0.2, 0) is 29.0 Å². The van der Waals surface area contributed by atoms with E-state index in [1.807, 2.05) is 25.2 Å². The van der Waals surface area contributed by atoms with Crippen LogP contribution in [0.5, 0.6) is 5.88 Å². The van der Waals surface area contributed by atoms with E-state index in [1.165, 1.54) is 38.7 Å². The molecule has 0 unspecified atom stereocenters. The Hall–Kier alpha value is -4.08. The molecular formula is C37H46N4O5. The van der Waals surface area contributed by atoms with Gasteiger partial charge in [0.25, 0.3) is 0 Å². The van der Waals surface area contributed by atoms with Crippen LogP contribution in [0.15, 0.2) is 76.9 Å². The summed E-state index contributed by atoms with van der Waals surface area (Å²) >= 11 is 0. The molecular weight excluding hydrogens is 580 g/mol. The minimum absolute atomic E-state index is 0.0372. The fraction of sp³-hybridized carbons (Fsp3) is 0.459. The molecule has 0 radical (unpaired) electrons. The van der Waals surface area contributed by atoms with E-state index in [4.69, 9.17) is 14.2 Å². The van der Waals surface area contributed by atoms with Crippen molar-refractivity contribution < 1.29 is 19.0 Å². The summed E-state index contributed by atoms with van der Waals surface area (Å²) in [4.78, 5) is 25.4. The van der Waals surface area contributed by atoms with E-state index in [-0.39, 0.29) is 11.4 Å². The Morgan fingerprint density at radius 2 is 2.00 bits per heavy atom. The molecule has 0 bridgehead atoms. The van der Waals surface area contributed by atoms with Crippen molar-refractivity contribution in [3.05, 3.63) is 104 Å². The number of nitroso groups, excluding NO2 is 1. The fourth-order valence-electron chi connectivity index (χ4n) is 6.63. The first kappa shape index (κ1) is 33.3. The Morgan fingerprint density at radius 3 is 2.76 bits per heavy atom. The third-order valence-corrected chi connectivity index (χ3v) is 9.28. The number of fused-ring (bicyclic) bond motifs is 1. The summed E-state index contributed by atoms with van der Waals surface area (Å²) in [6.07, 6.45) is 15.6. The highest BCUT2D eigenvalue weighted by Crippen LogP contribution is 2.33. The van der Waals surface area contributed by atoms with E-state index in [1.54, 1.807) is 6.92 Å².